The molecular weight excluding hydrogens is 251 g/mol. The molecule has 0 aromatic heterocycles. The third kappa shape index (κ3) is 1.02. The Morgan fingerprint density at radius 1 is 1.00 bits per heavy atom. The lowest BCUT2D eigenvalue weighted by Crippen LogP contribution is -2.75. The van der Waals surface area contributed by atoms with Crippen LogP contribution < -0.4 is 0 Å². The van der Waals surface area contributed by atoms with Gasteiger partial charge in [-0.15, -0.1) is 0 Å². The van der Waals surface area contributed by atoms with Crippen LogP contribution in [-0.2, 0) is 5.60 Å². The van der Waals surface area contributed by atoms with Gasteiger partial charge >= 0.3 is 0 Å². The van der Waals surface area contributed by atoms with Crippen LogP contribution in [0, 0.1) is 40.8 Å². The van der Waals surface area contributed by atoms with E-state index in [9.17, 15) is 9.50 Å². The highest BCUT2D eigenvalue weighted by Crippen LogP contribution is 2.79. The van der Waals surface area contributed by atoms with Gasteiger partial charge < -0.3 is 5.11 Å². The molecule has 8 aliphatic rings. The molecule has 20 heavy (non-hydrogen) atoms. The molecule has 106 valence electrons. The number of rotatable bonds is 1. The average molecular weight is 272 g/mol. The topological polar surface area (TPSA) is 20.2 Å². The Balaban J connectivity index is 1.73. The zero-order valence-corrected chi connectivity index (χ0v) is 11.8. The van der Waals surface area contributed by atoms with Crippen molar-refractivity contribution in [1.29, 1.82) is 0 Å². The molecule has 0 heterocycles. The first-order valence-electron chi connectivity index (χ1n) is 8.03. The van der Waals surface area contributed by atoms with Crippen LogP contribution >= 0.6 is 0 Å². The van der Waals surface area contributed by atoms with Crippen molar-refractivity contribution in [2.24, 2.45) is 35.0 Å². The van der Waals surface area contributed by atoms with Crippen LogP contribution in [0.4, 0.5) is 4.39 Å². The Bertz CT molecular complexity index is 548. The van der Waals surface area contributed by atoms with Gasteiger partial charge in [0.1, 0.15) is 5.82 Å². The summed E-state index contributed by atoms with van der Waals surface area (Å²) in [5, 5.41) is 11.8. The summed E-state index contributed by atoms with van der Waals surface area (Å²) < 4.78 is 13.3. The highest BCUT2D eigenvalue weighted by molar-refractivity contribution is 5.35. The summed E-state index contributed by atoms with van der Waals surface area (Å²) in [5.41, 5.74) is 0.271. The highest BCUT2D eigenvalue weighted by Gasteiger charge is 2.76. The molecule has 8 saturated carbocycles. The number of hydrogen-bond acceptors (Lipinski definition) is 1. The standard InChI is InChI=1S/C18H21FO/c1-17-13-6-10-7-14(17)9-11(8-13)16(10)18(17,20)12-2-4-15(19)5-3-12/h2-5,10-11,13-14,16,20H,6-9H2,1H3/t10?,11?,13?,14?,16?,17?,18-/m0/s1. The number of benzene rings is 1. The van der Waals surface area contributed by atoms with Crippen molar-refractivity contribution < 1.29 is 9.50 Å². The van der Waals surface area contributed by atoms with Gasteiger partial charge in [0.05, 0.1) is 5.60 Å². The van der Waals surface area contributed by atoms with Gasteiger partial charge in [0.2, 0.25) is 0 Å². The van der Waals surface area contributed by atoms with Crippen LogP contribution in [0.15, 0.2) is 24.3 Å². The van der Waals surface area contributed by atoms with Gasteiger partial charge in [0.15, 0.2) is 0 Å². The maximum absolute atomic E-state index is 13.3. The molecule has 0 aliphatic heterocycles. The molecule has 8 aliphatic carbocycles. The van der Waals surface area contributed by atoms with Crippen molar-refractivity contribution >= 4 is 0 Å². The summed E-state index contributed by atoms with van der Waals surface area (Å²) in [6.07, 6.45) is 5.27. The number of aliphatic hydroxyl groups is 1. The van der Waals surface area contributed by atoms with Crippen molar-refractivity contribution in [2.75, 3.05) is 0 Å². The first kappa shape index (κ1) is 11.7. The monoisotopic (exact) mass is 272 g/mol. The lowest BCUT2D eigenvalue weighted by atomic mass is 9.28. The minimum absolute atomic E-state index is 0.0129. The van der Waals surface area contributed by atoms with Gasteiger partial charge in [-0.1, -0.05) is 19.1 Å². The van der Waals surface area contributed by atoms with Crippen molar-refractivity contribution in [3.63, 3.8) is 0 Å². The van der Waals surface area contributed by atoms with Gasteiger partial charge in [-0.05, 0) is 73.0 Å². The molecule has 0 amide bonds. The van der Waals surface area contributed by atoms with Gasteiger partial charge in [-0.2, -0.15) is 0 Å². The molecule has 1 aromatic rings. The molecule has 0 saturated heterocycles. The van der Waals surface area contributed by atoms with Crippen molar-refractivity contribution in [2.45, 2.75) is 38.2 Å². The van der Waals surface area contributed by atoms with Gasteiger partial charge in [-0.3, -0.25) is 0 Å². The van der Waals surface area contributed by atoms with E-state index in [1.54, 1.807) is 0 Å². The zero-order chi connectivity index (χ0) is 13.7. The van der Waals surface area contributed by atoms with Crippen LogP contribution in [-0.4, -0.2) is 5.11 Å². The molecule has 1 aromatic carbocycles. The molecule has 1 nitrogen and oxygen atoms in total. The Labute approximate surface area is 119 Å². The van der Waals surface area contributed by atoms with Crippen molar-refractivity contribution in [1.82, 2.24) is 0 Å². The molecule has 1 N–H and O–H groups in total. The zero-order valence-electron chi connectivity index (χ0n) is 11.8. The smallest absolute Gasteiger partial charge is 0.123 e. The van der Waals surface area contributed by atoms with Crippen LogP contribution in [0.1, 0.15) is 38.2 Å². The van der Waals surface area contributed by atoms with Gasteiger partial charge in [0.25, 0.3) is 0 Å². The summed E-state index contributed by atoms with van der Waals surface area (Å²) in [7, 11) is 0. The van der Waals surface area contributed by atoms with Gasteiger partial charge in [-0.25, -0.2) is 4.39 Å². The number of hydrogen-bond donors (Lipinski definition) is 1. The van der Waals surface area contributed by atoms with E-state index in [4.69, 9.17) is 0 Å². The average Bonchev–Trinajstić information content (AvgIpc) is 2.41. The molecular formula is C18H21FO. The second-order valence-electron chi connectivity index (χ2n) is 7.94. The Kier molecular flexibility index (Phi) is 1.93. The molecule has 0 spiro atoms. The maximum Gasteiger partial charge on any atom is 0.123 e. The SMILES string of the molecule is CC12C3CC4CC1CC(C3)C4[C@@]2(O)c1ccc(F)cc1. The van der Waals surface area contributed by atoms with E-state index in [-0.39, 0.29) is 11.2 Å². The van der Waals surface area contributed by atoms with E-state index in [0.717, 1.165) is 5.56 Å². The van der Waals surface area contributed by atoms with Crippen LogP contribution in [0.3, 0.4) is 0 Å². The minimum atomic E-state index is -0.710. The number of halogens is 1. The molecule has 9 rings (SSSR count). The maximum atomic E-state index is 13.3. The van der Waals surface area contributed by atoms with Crippen LogP contribution in [0.5, 0.6) is 0 Å². The molecule has 1 atom stereocenters. The molecule has 0 unspecified atom stereocenters. The van der Waals surface area contributed by atoms with E-state index in [1.165, 1.54) is 37.8 Å². The van der Waals surface area contributed by atoms with E-state index < -0.39 is 5.60 Å². The summed E-state index contributed by atoms with van der Waals surface area (Å²) in [6, 6.07) is 6.68. The summed E-state index contributed by atoms with van der Waals surface area (Å²) in [4.78, 5) is 0. The second-order valence-corrected chi connectivity index (χ2v) is 7.94. The van der Waals surface area contributed by atoms with E-state index in [2.05, 4.69) is 6.92 Å². The second kappa shape index (κ2) is 3.30. The third-order valence-corrected chi connectivity index (χ3v) is 7.65. The fraction of sp³-hybridized carbons (Fsp3) is 0.667. The van der Waals surface area contributed by atoms with Crippen LogP contribution in [0.2, 0.25) is 0 Å². The minimum Gasteiger partial charge on any atom is -0.384 e. The fourth-order valence-corrected chi connectivity index (χ4v) is 7.00. The summed E-state index contributed by atoms with van der Waals surface area (Å²) >= 11 is 0. The highest BCUT2D eigenvalue weighted by atomic mass is 19.1. The lowest BCUT2D eigenvalue weighted by Gasteiger charge is -2.77. The first-order valence-corrected chi connectivity index (χ1v) is 8.03. The fourth-order valence-electron chi connectivity index (χ4n) is 7.00. The third-order valence-electron chi connectivity index (χ3n) is 7.65. The van der Waals surface area contributed by atoms with E-state index >= 15 is 0 Å². The van der Waals surface area contributed by atoms with Crippen molar-refractivity contribution in [3.05, 3.63) is 35.6 Å². The Morgan fingerprint density at radius 3 is 1.95 bits per heavy atom. The Hall–Kier alpha value is -0.890. The predicted octanol–water partition coefficient (Wildman–Crippen LogP) is 3.72. The van der Waals surface area contributed by atoms with E-state index in [1.807, 2.05) is 12.1 Å². The quantitative estimate of drug-likeness (QED) is 0.826. The predicted molar refractivity (Wildman–Crippen MR) is 74.3 cm³/mol. The first-order chi connectivity index (χ1) is 9.55. The van der Waals surface area contributed by atoms with E-state index in [0.29, 0.717) is 29.6 Å². The molecule has 2 heteroatoms. The summed E-state index contributed by atoms with van der Waals surface area (Å²) in [6.45, 7) is 2.32. The Morgan fingerprint density at radius 2 is 1.50 bits per heavy atom. The molecule has 0 radical (unpaired) electrons. The van der Waals surface area contributed by atoms with Crippen molar-refractivity contribution in [3.8, 4) is 0 Å². The van der Waals surface area contributed by atoms with Crippen LogP contribution in [0.25, 0.3) is 0 Å². The molecule has 8 fully saturated rings. The lowest BCUT2D eigenvalue weighted by molar-refractivity contribution is -0.342. The normalized spacial score (nSPS) is 54.9. The van der Waals surface area contributed by atoms with Gasteiger partial charge in [0, 0.05) is 5.41 Å². The summed E-state index contributed by atoms with van der Waals surface area (Å²) in [5.74, 6) is 2.95. The molecule has 6 bridgehead atoms. The largest absolute Gasteiger partial charge is 0.384 e.